The second kappa shape index (κ2) is 8.89. The number of nitrogens with zero attached hydrogens (tertiary/aromatic N) is 3. The second-order valence-corrected chi connectivity index (χ2v) is 8.75. The Bertz CT molecular complexity index is 854. The number of hydrogen-bond donors (Lipinski definition) is 0. The summed E-state index contributed by atoms with van der Waals surface area (Å²) >= 11 is 10.9. The molecule has 26 heavy (non-hydrogen) atoms. The summed E-state index contributed by atoms with van der Waals surface area (Å²) in [6.07, 6.45) is 3.32. The van der Waals surface area contributed by atoms with Crippen LogP contribution in [0.4, 0.5) is 0 Å². The summed E-state index contributed by atoms with van der Waals surface area (Å²) in [5, 5.41) is 0.592. The van der Waals surface area contributed by atoms with Crippen LogP contribution in [-0.4, -0.2) is 15.0 Å². The molecular formula is C17H16ClCoI2N3O2. The molecule has 3 aromatic rings. The molecule has 0 bridgehead atoms. The minimum absolute atomic E-state index is 0. The van der Waals surface area contributed by atoms with Crippen molar-refractivity contribution < 1.29 is 25.6 Å². The summed E-state index contributed by atoms with van der Waals surface area (Å²) in [5.41, 5.74) is 2.94. The van der Waals surface area contributed by atoms with Crippen molar-refractivity contribution >= 4 is 56.8 Å². The molecule has 9 heteroatoms. The van der Waals surface area contributed by atoms with Crippen LogP contribution in [-0.2, 0) is 16.8 Å². The van der Waals surface area contributed by atoms with E-state index in [4.69, 9.17) is 25.4 Å². The maximum atomic E-state index is 6.53. The van der Waals surface area contributed by atoms with E-state index in [-0.39, 0.29) is 28.6 Å². The van der Waals surface area contributed by atoms with Gasteiger partial charge in [-0.25, -0.2) is 15.0 Å². The molecule has 0 saturated carbocycles. The largest absolute Gasteiger partial charge is 0.443 e. The molecule has 3 rings (SSSR count). The van der Waals surface area contributed by atoms with Crippen molar-refractivity contribution in [2.75, 3.05) is 0 Å². The average molecular weight is 643 g/mol. The van der Waals surface area contributed by atoms with Crippen molar-refractivity contribution in [2.45, 2.75) is 39.5 Å². The van der Waals surface area contributed by atoms with Gasteiger partial charge in [0, 0.05) is 16.8 Å². The van der Waals surface area contributed by atoms with Crippen LogP contribution in [0.5, 0.6) is 0 Å². The summed E-state index contributed by atoms with van der Waals surface area (Å²) in [4.78, 5) is 13.8. The van der Waals surface area contributed by atoms with Crippen LogP contribution in [0.1, 0.15) is 50.9 Å². The van der Waals surface area contributed by atoms with Gasteiger partial charge in [-0.05, 0) is 57.0 Å². The fourth-order valence-corrected chi connectivity index (χ4v) is 4.05. The number of rotatable bonds is 4. The third-order valence-corrected chi connectivity index (χ3v) is 6.77. The topological polar surface area (TPSA) is 65.0 Å². The van der Waals surface area contributed by atoms with E-state index in [0.29, 0.717) is 28.2 Å². The Morgan fingerprint density at radius 2 is 1.19 bits per heavy atom. The number of oxazole rings is 2. The Balaban J connectivity index is 0.00000243. The molecule has 1 radical (unpaired) electrons. The molecular weight excluding hydrogens is 626 g/mol. The number of halogens is 3. The minimum atomic E-state index is 0. The van der Waals surface area contributed by atoms with E-state index in [0.717, 1.165) is 18.5 Å². The molecule has 0 unspecified atom stereocenters. The van der Waals surface area contributed by atoms with Gasteiger partial charge in [-0.15, -0.1) is 0 Å². The summed E-state index contributed by atoms with van der Waals surface area (Å²) < 4.78 is 12.8. The predicted octanol–water partition coefficient (Wildman–Crippen LogP) is 6.50. The molecule has 0 aliphatic heterocycles. The zero-order valence-electron chi connectivity index (χ0n) is 14.4. The smallest absolute Gasteiger partial charge is 0.246 e. The molecule has 5 nitrogen and oxygen atoms in total. The van der Waals surface area contributed by atoms with Crippen LogP contribution in [0.25, 0.3) is 23.2 Å². The second-order valence-electron chi connectivity index (χ2n) is 6.22. The van der Waals surface area contributed by atoms with Gasteiger partial charge >= 0.3 is 0 Å². The van der Waals surface area contributed by atoms with Crippen molar-refractivity contribution in [1.82, 2.24) is 15.0 Å². The molecule has 0 N–H and O–H groups in total. The van der Waals surface area contributed by atoms with E-state index in [9.17, 15) is 0 Å². The monoisotopic (exact) mass is 642 g/mol. The Hall–Kier alpha value is -0.174. The summed E-state index contributed by atoms with van der Waals surface area (Å²) in [6.45, 7) is 8.25. The van der Waals surface area contributed by atoms with Crippen molar-refractivity contribution in [3.63, 3.8) is 0 Å². The minimum Gasteiger partial charge on any atom is -0.443 e. The molecule has 0 spiro atoms. The third-order valence-electron chi connectivity index (χ3n) is 3.66. The fourth-order valence-electron chi connectivity index (χ4n) is 2.12. The maximum absolute atomic E-state index is 6.53. The van der Waals surface area contributed by atoms with Gasteiger partial charge in [0.05, 0.1) is 23.6 Å². The first kappa shape index (κ1) is 22.1. The molecule has 0 atom stereocenters. The zero-order valence-corrected chi connectivity index (χ0v) is 20.5. The molecule has 0 aromatic carbocycles. The standard InChI is InChI=1S/C17H16ClI2N3O2.Co/c1-7(2)9-5-24-16(21-9)14-12(19)11(18)13(20)15(23-14)17-22-10(6-25-17)8(3)4;/h5-8H,1-4H3;. The zero-order chi connectivity index (χ0) is 18.3. The van der Waals surface area contributed by atoms with E-state index in [1.54, 1.807) is 12.5 Å². The summed E-state index contributed by atoms with van der Waals surface area (Å²) in [7, 11) is 0. The normalized spacial score (nSPS) is 11.3. The van der Waals surface area contributed by atoms with Gasteiger partial charge in [0.2, 0.25) is 11.8 Å². The molecule has 141 valence electrons. The number of aromatic nitrogens is 3. The molecule has 3 aromatic heterocycles. The maximum Gasteiger partial charge on any atom is 0.246 e. The van der Waals surface area contributed by atoms with Crippen molar-refractivity contribution in [3.8, 4) is 23.2 Å². The van der Waals surface area contributed by atoms with Gasteiger partial charge in [0.1, 0.15) is 23.9 Å². The first-order valence-corrected chi connectivity index (χ1v) is 10.3. The van der Waals surface area contributed by atoms with Crippen molar-refractivity contribution in [3.05, 3.63) is 36.1 Å². The first-order valence-electron chi connectivity index (χ1n) is 7.75. The van der Waals surface area contributed by atoms with E-state index in [1.165, 1.54) is 0 Å². The number of pyridine rings is 1. The Morgan fingerprint density at radius 3 is 1.50 bits per heavy atom. The summed E-state index contributed by atoms with van der Waals surface area (Å²) in [6, 6.07) is 0. The molecule has 0 aliphatic carbocycles. The first-order chi connectivity index (χ1) is 11.8. The number of hydrogen-bond acceptors (Lipinski definition) is 5. The Morgan fingerprint density at radius 1 is 0.808 bits per heavy atom. The van der Waals surface area contributed by atoms with E-state index < -0.39 is 0 Å². The predicted molar refractivity (Wildman–Crippen MR) is 114 cm³/mol. The summed E-state index contributed by atoms with van der Waals surface area (Å²) in [5.74, 6) is 1.44. The van der Waals surface area contributed by atoms with E-state index >= 15 is 0 Å². The SMILES string of the molecule is CC(C)c1coc(-c2nc(-c3nc(C(C)C)co3)c(I)c(Cl)c2I)n1.[Co]. The van der Waals surface area contributed by atoms with Gasteiger partial charge in [0.15, 0.2) is 0 Å². The third kappa shape index (κ3) is 4.28. The quantitative estimate of drug-likeness (QED) is 0.304. The van der Waals surface area contributed by atoms with Crippen LogP contribution in [0, 0.1) is 7.14 Å². The van der Waals surface area contributed by atoms with Crippen LogP contribution in [0.3, 0.4) is 0 Å². The van der Waals surface area contributed by atoms with Gasteiger partial charge in [-0.3, -0.25) is 0 Å². The Labute approximate surface area is 194 Å². The van der Waals surface area contributed by atoms with Crippen molar-refractivity contribution in [2.24, 2.45) is 0 Å². The molecule has 0 aliphatic rings. The van der Waals surface area contributed by atoms with E-state index in [1.807, 2.05) is 0 Å². The van der Waals surface area contributed by atoms with Gasteiger partial charge in [-0.2, -0.15) is 0 Å². The van der Waals surface area contributed by atoms with Crippen LogP contribution in [0.2, 0.25) is 5.02 Å². The van der Waals surface area contributed by atoms with Gasteiger partial charge in [0.25, 0.3) is 0 Å². The van der Waals surface area contributed by atoms with E-state index in [2.05, 4.69) is 82.8 Å². The van der Waals surface area contributed by atoms with Gasteiger partial charge < -0.3 is 8.83 Å². The molecule has 0 saturated heterocycles. The van der Waals surface area contributed by atoms with Crippen LogP contribution >= 0.6 is 56.8 Å². The average Bonchev–Trinajstić information content (AvgIpc) is 3.22. The molecule has 3 heterocycles. The van der Waals surface area contributed by atoms with Gasteiger partial charge in [-0.1, -0.05) is 39.3 Å². The van der Waals surface area contributed by atoms with Crippen molar-refractivity contribution in [1.29, 1.82) is 0 Å². The van der Waals surface area contributed by atoms with Crippen LogP contribution < -0.4 is 0 Å². The molecule has 0 amide bonds. The molecule has 0 fully saturated rings. The fraction of sp³-hybridized carbons (Fsp3) is 0.353. The Kier molecular flexibility index (Phi) is 7.56. The van der Waals surface area contributed by atoms with Crippen LogP contribution in [0.15, 0.2) is 21.4 Å².